The third-order valence-corrected chi connectivity index (χ3v) is 6.24. The van der Waals surface area contributed by atoms with Crippen molar-refractivity contribution in [2.75, 3.05) is 14.2 Å². The molecular weight excluding hydrogens is 496 g/mol. The van der Waals surface area contributed by atoms with E-state index >= 15 is 0 Å². The van der Waals surface area contributed by atoms with E-state index in [4.69, 9.17) is 23.4 Å². The Balaban J connectivity index is 1.83. The van der Waals surface area contributed by atoms with Gasteiger partial charge in [-0.2, -0.15) is 0 Å². The molecule has 1 aromatic heterocycles. The number of carbonyl (C=O) groups is 2. The number of hydrogen-bond donors (Lipinski definition) is 2. The van der Waals surface area contributed by atoms with Gasteiger partial charge in [0.15, 0.2) is 28.4 Å². The van der Waals surface area contributed by atoms with Gasteiger partial charge in [0.05, 0.1) is 26.2 Å². The first-order chi connectivity index (χ1) is 18.2. The number of phenols is 2. The normalized spacial score (nSPS) is 14.5. The lowest BCUT2D eigenvalue weighted by atomic mass is 9.84. The van der Waals surface area contributed by atoms with E-state index in [9.17, 15) is 24.6 Å². The van der Waals surface area contributed by atoms with Crippen LogP contribution in [0.1, 0.15) is 30.4 Å². The van der Waals surface area contributed by atoms with Crippen molar-refractivity contribution in [1.82, 2.24) is 0 Å². The summed E-state index contributed by atoms with van der Waals surface area (Å²) in [6, 6.07) is 13.2. The van der Waals surface area contributed by atoms with Gasteiger partial charge in [0.25, 0.3) is 0 Å². The minimum absolute atomic E-state index is 0.0427. The molecule has 0 radical (unpaired) electrons. The number of rotatable bonds is 5. The molecule has 2 N–H and O–H groups in total. The van der Waals surface area contributed by atoms with Crippen molar-refractivity contribution >= 4 is 22.9 Å². The van der Waals surface area contributed by atoms with E-state index in [-0.39, 0.29) is 51.7 Å². The van der Waals surface area contributed by atoms with Gasteiger partial charge in [0, 0.05) is 24.5 Å². The molecule has 0 amide bonds. The Bertz CT molecular complexity index is 1630. The summed E-state index contributed by atoms with van der Waals surface area (Å²) in [5, 5.41) is 21.2. The highest BCUT2D eigenvalue weighted by molar-refractivity contribution is 5.96. The van der Waals surface area contributed by atoms with E-state index < -0.39 is 34.8 Å². The maximum absolute atomic E-state index is 13.2. The molecule has 0 spiro atoms. The van der Waals surface area contributed by atoms with Gasteiger partial charge in [0.2, 0.25) is 11.5 Å². The molecule has 0 bridgehead atoms. The van der Waals surface area contributed by atoms with E-state index in [0.29, 0.717) is 11.1 Å². The number of hydrogen-bond acceptors (Lipinski definition) is 10. The molecule has 1 atom stereocenters. The zero-order valence-corrected chi connectivity index (χ0v) is 20.6. The maximum Gasteiger partial charge on any atom is 0.312 e. The van der Waals surface area contributed by atoms with Crippen LogP contribution in [0.25, 0.3) is 22.3 Å². The Kier molecular flexibility index (Phi) is 6.15. The number of methoxy groups -OCH3 is 2. The zero-order chi connectivity index (χ0) is 27.1. The van der Waals surface area contributed by atoms with Crippen LogP contribution in [0.3, 0.4) is 0 Å². The monoisotopic (exact) mass is 518 g/mol. The van der Waals surface area contributed by atoms with Gasteiger partial charge in [-0.1, -0.05) is 30.3 Å². The van der Waals surface area contributed by atoms with Crippen LogP contribution < -0.4 is 24.4 Å². The SMILES string of the molecule is COc1cc([C@@H]2CC(=O)Oc3c(O)c(O)c4c(=O)cc(-c5ccccc5)oc4c32)cc(OC)c1OC(C)=O. The maximum atomic E-state index is 13.2. The molecule has 10 heteroatoms. The van der Waals surface area contributed by atoms with Crippen LogP contribution in [0.5, 0.6) is 34.5 Å². The molecule has 1 aliphatic heterocycles. The first-order valence-corrected chi connectivity index (χ1v) is 11.5. The molecule has 0 aliphatic carbocycles. The van der Waals surface area contributed by atoms with Crippen molar-refractivity contribution < 1.29 is 43.2 Å². The van der Waals surface area contributed by atoms with Crippen molar-refractivity contribution in [2.45, 2.75) is 19.3 Å². The van der Waals surface area contributed by atoms with Crippen LogP contribution in [0, 0.1) is 0 Å². The Hall–Kier alpha value is -4.99. The van der Waals surface area contributed by atoms with Gasteiger partial charge in [0.1, 0.15) is 16.7 Å². The van der Waals surface area contributed by atoms with Crippen LogP contribution in [-0.4, -0.2) is 36.4 Å². The van der Waals surface area contributed by atoms with Crippen LogP contribution in [0.4, 0.5) is 0 Å². The minimum Gasteiger partial charge on any atom is -0.504 e. The summed E-state index contributed by atoms with van der Waals surface area (Å²) in [7, 11) is 2.75. The van der Waals surface area contributed by atoms with Crippen LogP contribution in [0.15, 0.2) is 57.7 Å². The molecule has 0 saturated heterocycles. The predicted molar refractivity (Wildman–Crippen MR) is 134 cm³/mol. The summed E-state index contributed by atoms with van der Waals surface area (Å²) in [5.74, 6) is -3.42. The Labute approximate surface area is 215 Å². The average molecular weight is 518 g/mol. The van der Waals surface area contributed by atoms with E-state index in [1.165, 1.54) is 27.2 Å². The second-order valence-electron chi connectivity index (χ2n) is 8.56. The fraction of sp³-hybridized carbons (Fsp3) is 0.179. The van der Waals surface area contributed by atoms with Crippen LogP contribution in [0.2, 0.25) is 0 Å². The number of ether oxygens (including phenoxy) is 4. The third kappa shape index (κ3) is 4.05. The van der Waals surface area contributed by atoms with Gasteiger partial charge in [-0.25, -0.2) is 0 Å². The molecule has 2 heterocycles. The van der Waals surface area contributed by atoms with Crippen LogP contribution >= 0.6 is 0 Å². The number of benzene rings is 3. The summed E-state index contributed by atoms with van der Waals surface area (Å²) in [6.45, 7) is 1.23. The molecule has 38 heavy (non-hydrogen) atoms. The molecule has 4 aromatic rings. The largest absolute Gasteiger partial charge is 0.504 e. The zero-order valence-electron chi connectivity index (χ0n) is 20.6. The summed E-state index contributed by atoms with van der Waals surface area (Å²) in [5.41, 5.74) is 0.574. The second kappa shape index (κ2) is 9.47. The Morgan fingerprint density at radius 1 is 0.974 bits per heavy atom. The molecular formula is C28H22O10. The predicted octanol–water partition coefficient (Wildman–Crippen LogP) is 4.25. The summed E-state index contributed by atoms with van der Waals surface area (Å²) >= 11 is 0. The second-order valence-corrected chi connectivity index (χ2v) is 8.56. The lowest BCUT2D eigenvalue weighted by Gasteiger charge is -2.27. The van der Waals surface area contributed by atoms with E-state index in [2.05, 4.69) is 0 Å². The van der Waals surface area contributed by atoms with Crippen molar-refractivity contribution in [2.24, 2.45) is 0 Å². The summed E-state index contributed by atoms with van der Waals surface area (Å²) in [4.78, 5) is 37.5. The molecule has 194 valence electrons. The molecule has 0 saturated carbocycles. The lowest BCUT2D eigenvalue weighted by Crippen LogP contribution is -2.22. The molecule has 0 fully saturated rings. The summed E-state index contributed by atoms with van der Waals surface area (Å²) < 4.78 is 27.6. The Morgan fingerprint density at radius 3 is 2.24 bits per heavy atom. The highest BCUT2D eigenvalue weighted by atomic mass is 16.6. The van der Waals surface area contributed by atoms with Gasteiger partial charge in [-0.05, 0) is 17.7 Å². The summed E-state index contributed by atoms with van der Waals surface area (Å²) in [6.07, 6.45) is -0.204. The minimum atomic E-state index is -0.830. The molecule has 3 aromatic carbocycles. The van der Waals surface area contributed by atoms with Gasteiger partial charge in [-0.3, -0.25) is 14.4 Å². The van der Waals surface area contributed by atoms with E-state index in [0.717, 1.165) is 0 Å². The van der Waals surface area contributed by atoms with E-state index in [1.807, 2.05) is 6.07 Å². The highest BCUT2D eigenvalue weighted by Crippen LogP contribution is 2.53. The lowest BCUT2D eigenvalue weighted by molar-refractivity contribution is -0.135. The van der Waals surface area contributed by atoms with Gasteiger partial charge < -0.3 is 33.6 Å². The van der Waals surface area contributed by atoms with Crippen molar-refractivity contribution in [1.29, 1.82) is 0 Å². The molecule has 5 rings (SSSR count). The highest BCUT2D eigenvalue weighted by Gasteiger charge is 2.37. The smallest absolute Gasteiger partial charge is 0.312 e. The van der Waals surface area contributed by atoms with Gasteiger partial charge in [-0.15, -0.1) is 0 Å². The van der Waals surface area contributed by atoms with Crippen LogP contribution in [-0.2, 0) is 9.59 Å². The first kappa shape index (κ1) is 24.7. The Morgan fingerprint density at radius 2 is 1.63 bits per heavy atom. The quantitative estimate of drug-likeness (QED) is 0.224. The van der Waals surface area contributed by atoms with E-state index in [1.54, 1.807) is 36.4 Å². The van der Waals surface area contributed by atoms with Crippen molar-refractivity contribution in [3.05, 3.63) is 69.9 Å². The average Bonchev–Trinajstić information content (AvgIpc) is 2.91. The first-order valence-electron chi connectivity index (χ1n) is 11.5. The topological polar surface area (TPSA) is 142 Å². The molecule has 10 nitrogen and oxygen atoms in total. The fourth-order valence-electron chi connectivity index (χ4n) is 4.58. The number of phenolic OH excluding ortho intramolecular Hbond substituents is 2. The molecule has 1 aliphatic rings. The van der Waals surface area contributed by atoms with Crippen molar-refractivity contribution in [3.63, 3.8) is 0 Å². The van der Waals surface area contributed by atoms with Crippen molar-refractivity contribution in [3.8, 4) is 45.8 Å². The standard InChI is InChI=1S/C28H22O10/c1-13(29)36-26-19(34-2)9-15(10-20(26)35-3)16-11-21(31)38-28-22(16)27-23(24(32)25(28)33)17(30)12-18(37-27)14-7-5-4-6-8-14/h4-10,12,16,32-33H,11H2,1-3H3/t16-/m0/s1. The fourth-order valence-corrected chi connectivity index (χ4v) is 4.58. The number of esters is 2. The number of aromatic hydroxyl groups is 2. The number of fused-ring (bicyclic) bond motifs is 3. The van der Waals surface area contributed by atoms with Gasteiger partial charge >= 0.3 is 11.9 Å². The third-order valence-electron chi connectivity index (χ3n) is 6.24. The number of carbonyl (C=O) groups excluding carboxylic acids is 2. The molecule has 0 unspecified atom stereocenters.